The number of benzene rings is 1. The normalized spacial score (nSPS) is 10.2. The lowest BCUT2D eigenvalue weighted by atomic mass is 10.2. The summed E-state index contributed by atoms with van der Waals surface area (Å²) in [7, 11) is 0. The highest BCUT2D eigenvalue weighted by Crippen LogP contribution is 2.09. The van der Waals surface area contributed by atoms with E-state index < -0.39 is 0 Å². The molecule has 0 aromatic heterocycles. The van der Waals surface area contributed by atoms with Gasteiger partial charge in [0.2, 0.25) is 0 Å². The van der Waals surface area contributed by atoms with Crippen LogP contribution in [-0.2, 0) is 0 Å². The minimum atomic E-state index is 0.480. The van der Waals surface area contributed by atoms with E-state index in [1.165, 1.54) is 5.56 Å². The summed E-state index contributed by atoms with van der Waals surface area (Å²) in [6.07, 6.45) is 0. The van der Waals surface area contributed by atoms with Crippen LogP contribution in [0.15, 0.2) is 18.2 Å². The molecule has 0 unspecified atom stereocenters. The lowest BCUT2D eigenvalue weighted by Crippen LogP contribution is -2.09. The van der Waals surface area contributed by atoms with Crippen LogP contribution < -0.4 is 5.32 Å². The summed E-state index contributed by atoms with van der Waals surface area (Å²) in [5, 5.41) is 3.29. The van der Waals surface area contributed by atoms with Gasteiger partial charge in [0.15, 0.2) is 0 Å². The molecule has 1 radical (unpaired) electrons. The first-order chi connectivity index (χ1) is 5.18. The van der Waals surface area contributed by atoms with Crippen molar-refractivity contribution >= 4 is 5.69 Å². The van der Waals surface area contributed by atoms with E-state index in [1.807, 2.05) is 25.1 Å². The Balaban J connectivity index is 2.71. The molecule has 0 spiro atoms. The van der Waals surface area contributed by atoms with Crippen LogP contribution in [0.5, 0.6) is 0 Å². The highest BCUT2D eigenvalue weighted by Gasteiger charge is 1.93. The van der Waals surface area contributed by atoms with E-state index >= 15 is 0 Å². The molecule has 1 rings (SSSR count). The van der Waals surface area contributed by atoms with Gasteiger partial charge in [0.1, 0.15) is 0 Å². The Kier molecular flexibility index (Phi) is 2.53. The molecule has 0 bridgehead atoms. The monoisotopic (exact) mass is 148 g/mol. The van der Waals surface area contributed by atoms with Crippen LogP contribution in [0, 0.1) is 13.0 Å². The fourth-order valence-corrected chi connectivity index (χ4v) is 0.980. The van der Waals surface area contributed by atoms with Crippen molar-refractivity contribution in [2.24, 2.45) is 0 Å². The standard InChI is InChI=1S/C10H14N/c1-8(2)11-10-6-4-5-9(3)7-10/h4-6,8,11H,1-3H3. The molecule has 0 amide bonds. The smallest absolute Gasteiger partial charge is 0.0425 e. The molecule has 0 saturated carbocycles. The van der Waals surface area contributed by atoms with Crippen molar-refractivity contribution < 1.29 is 0 Å². The first-order valence-electron chi connectivity index (χ1n) is 3.94. The summed E-state index contributed by atoms with van der Waals surface area (Å²) >= 11 is 0. The minimum absolute atomic E-state index is 0.480. The molecule has 1 aromatic rings. The number of anilines is 1. The zero-order valence-corrected chi connectivity index (χ0v) is 7.31. The van der Waals surface area contributed by atoms with Crippen molar-refractivity contribution in [3.8, 4) is 0 Å². The maximum Gasteiger partial charge on any atom is 0.0425 e. The number of rotatable bonds is 2. The Morgan fingerprint density at radius 1 is 1.36 bits per heavy atom. The van der Waals surface area contributed by atoms with Gasteiger partial charge < -0.3 is 5.32 Å². The van der Waals surface area contributed by atoms with Gasteiger partial charge >= 0.3 is 0 Å². The van der Waals surface area contributed by atoms with Crippen molar-refractivity contribution in [3.05, 3.63) is 29.8 Å². The molecule has 0 aliphatic heterocycles. The van der Waals surface area contributed by atoms with Gasteiger partial charge in [-0.05, 0) is 32.4 Å². The quantitative estimate of drug-likeness (QED) is 0.679. The Morgan fingerprint density at radius 2 is 2.09 bits per heavy atom. The van der Waals surface area contributed by atoms with Crippen molar-refractivity contribution in [2.75, 3.05) is 5.32 Å². The van der Waals surface area contributed by atoms with Gasteiger partial charge in [0.25, 0.3) is 0 Å². The summed E-state index contributed by atoms with van der Waals surface area (Å²) in [6, 6.07) is 9.83. The zero-order chi connectivity index (χ0) is 8.27. The third kappa shape index (κ3) is 2.62. The molecule has 1 heteroatoms. The first-order valence-corrected chi connectivity index (χ1v) is 3.94. The highest BCUT2D eigenvalue weighted by molar-refractivity contribution is 5.44. The van der Waals surface area contributed by atoms with E-state index in [2.05, 4.69) is 25.2 Å². The van der Waals surface area contributed by atoms with Crippen LogP contribution >= 0.6 is 0 Å². The van der Waals surface area contributed by atoms with Crippen LogP contribution in [0.1, 0.15) is 19.4 Å². The Bertz CT molecular complexity index is 228. The van der Waals surface area contributed by atoms with Crippen molar-refractivity contribution in [1.29, 1.82) is 0 Å². The molecular formula is C10H14N. The lowest BCUT2D eigenvalue weighted by Gasteiger charge is -2.09. The summed E-state index contributed by atoms with van der Waals surface area (Å²) in [4.78, 5) is 0. The molecule has 0 atom stereocenters. The van der Waals surface area contributed by atoms with Crippen LogP contribution in [0.4, 0.5) is 5.69 Å². The van der Waals surface area contributed by atoms with E-state index in [4.69, 9.17) is 0 Å². The second-order valence-corrected chi connectivity index (χ2v) is 3.05. The predicted octanol–water partition coefficient (Wildman–Crippen LogP) is 2.62. The summed E-state index contributed by atoms with van der Waals surface area (Å²) < 4.78 is 0. The first kappa shape index (κ1) is 8.12. The van der Waals surface area contributed by atoms with Crippen LogP contribution in [0.25, 0.3) is 0 Å². The molecule has 1 N–H and O–H groups in total. The second kappa shape index (κ2) is 3.42. The van der Waals surface area contributed by atoms with Crippen molar-refractivity contribution in [3.63, 3.8) is 0 Å². The molecule has 0 aliphatic rings. The molecule has 11 heavy (non-hydrogen) atoms. The van der Waals surface area contributed by atoms with E-state index in [1.54, 1.807) is 0 Å². The van der Waals surface area contributed by atoms with Crippen molar-refractivity contribution in [2.45, 2.75) is 26.8 Å². The van der Waals surface area contributed by atoms with E-state index in [-0.39, 0.29) is 0 Å². The fraction of sp³-hybridized carbons (Fsp3) is 0.400. The average Bonchev–Trinajstić information content (AvgIpc) is 1.85. The molecular weight excluding hydrogens is 134 g/mol. The molecule has 1 aromatic carbocycles. The van der Waals surface area contributed by atoms with Gasteiger partial charge in [-0.2, -0.15) is 0 Å². The number of hydrogen-bond acceptors (Lipinski definition) is 1. The Labute approximate surface area is 68.4 Å². The molecule has 0 heterocycles. The lowest BCUT2D eigenvalue weighted by molar-refractivity contribution is 0.899. The topological polar surface area (TPSA) is 12.0 Å². The molecule has 1 nitrogen and oxygen atoms in total. The second-order valence-electron chi connectivity index (χ2n) is 3.05. The SMILES string of the molecule is Cc1[c]c(NC(C)C)ccc1. The summed E-state index contributed by atoms with van der Waals surface area (Å²) in [5.41, 5.74) is 2.26. The predicted molar refractivity (Wildman–Crippen MR) is 48.8 cm³/mol. The molecule has 0 saturated heterocycles. The molecule has 0 aliphatic carbocycles. The van der Waals surface area contributed by atoms with Gasteiger partial charge in [-0.15, -0.1) is 0 Å². The molecule has 0 fully saturated rings. The summed E-state index contributed by atoms with van der Waals surface area (Å²) in [5.74, 6) is 0. The zero-order valence-electron chi connectivity index (χ0n) is 7.31. The van der Waals surface area contributed by atoms with E-state index in [0.717, 1.165) is 5.69 Å². The largest absolute Gasteiger partial charge is 0.382 e. The van der Waals surface area contributed by atoms with Crippen LogP contribution in [-0.4, -0.2) is 6.04 Å². The third-order valence-corrected chi connectivity index (χ3v) is 1.39. The van der Waals surface area contributed by atoms with Gasteiger partial charge in [0.05, 0.1) is 0 Å². The number of nitrogens with one attached hydrogen (secondary N) is 1. The maximum absolute atomic E-state index is 3.29. The van der Waals surface area contributed by atoms with Gasteiger partial charge in [-0.3, -0.25) is 0 Å². The van der Waals surface area contributed by atoms with Crippen molar-refractivity contribution in [1.82, 2.24) is 0 Å². The Hall–Kier alpha value is -0.980. The minimum Gasteiger partial charge on any atom is -0.382 e. The van der Waals surface area contributed by atoms with Gasteiger partial charge in [-0.1, -0.05) is 12.1 Å². The average molecular weight is 148 g/mol. The fourth-order valence-electron chi connectivity index (χ4n) is 0.980. The Morgan fingerprint density at radius 3 is 2.64 bits per heavy atom. The van der Waals surface area contributed by atoms with E-state index in [0.29, 0.717) is 6.04 Å². The maximum atomic E-state index is 3.29. The molecule has 59 valence electrons. The van der Waals surface area contributed by atoms with Crippen LogP contribution in [0.2, 0.25) is 0 Å². The third-order valence-electron chi connectivity index (χ3n) is 1.39. The van der Waals surface area contributed by atoms with Gasteiger partial charge in [0, 0.05) is 17.8 Å². The number of hydrogen-bond donors (Lipinski definition) is 1. The van der Waals surface area contributed by atoms with Gasteiger partial charge in [-0.25, -0.2) is 0 Å². The number of aryl methyl sites for hydroxylation is 1. The van der Waals surface area contributed by atoms with Crippen LogP contribution in [0.3, 0.4) is 0 Å². The summed E-state index contributed by atoms with van der Waals surface area (Å²) in [6.45, 7) is 6.29. The van der Waals surface area contributed by atoms with E-state index in [9.17, 15) is 0 Å². The highest BCUT2D eigenvalue weighted by atomic mass is 14.9.